The lowest BCUT2D eigenvalue weighted by Crippen LogP contribution is -2.29. The summed E-state index contributed by atoms with van der Waals surface area (Å²) in [6, 6.07) is 8.32. The van der Waals surface area contributed by atoms with E-state index in [0.717, 1.165) is 34.9 Å². The van der Waals surface area contributed by atoms with Crippen molar-refractivity contribution in [3.63, 3.8) is 0 Å². The van der Waals surface area contributed by atoms with Crippen LogP contribution in [0.5, 0.6) is 11.5 Å². The molecule has 0 saturated carbocycles. The number of methoxy groups -OCH3 is 2. The lowest BCUT2D eigenvalue weighted by Gasteiger charge is -2.26. The number of hydrogen-bond acceptors (Lipinski definition) is 4. The first-order valence-electron chi connectivity index (χ1n) is 8.61. The van der Waals surface area contributed by atoms with Gasteiger partial charge in [-0.15, -0.1) is 0 Å². The van der Waals surface area contributed by atoms with E-state index >= 15 is 0 Å². The lowest BCUT2D eigenvalue weighted by atomic mass is 10.0. The van der Waals surface area contributed by atoms with E-state index in [-0.39, 0.29) is 0 Å². The minimum Gasteiger partial charge on any atom is -0.493 e. The van der Waals surface area contributed by atoms with Gasteiger partial charge in [0.05, 0.1) is 19.9 Å². The number of ether oxygens (including phenoxy) is 2. The molecule has 0 unspecified atom stereocenters. The van der Waals surface area contributed by atoms with Crippen molar-refractivity contribution in [3.05, 3.63) is 41.6 Å². The molecule has 1 fully saturated rings. The molecule has 0 N–H and O–H groups in total. The Kier molecular flexibility index (Phi) is 5.36. The van der Waals surface area contributed by atoms with Crippen LogP contribution in [0.15, 0.2) is 30.5 Å². The molecular weight excluding hydrogens is 300 g/mol. The highest BCUT2D eigenvalue weighted by molar-refractivity contribution is 5.72. The molecule has 0 bridgehead atoms. The van der Waals surface area contributed by atoms with Crippen molar-refractivity contribution in [2.24, 2.45) is 0 Å². The molecule has 4 nitrogen and oxygen atoms in total. The minimum atomic E-state index is 0.736. The van der Waals surface area contributed by atoms with Crippen molar-refractivity contribution >= 4 is 0 Å². The minimum absolute atomic E-state index is 0.736. The van der Waals surface area contributed by atoms with Crippen LogP contribution in [0.4, 0.5) is 0 Å². The van der Waals surface area contributed by atoms with Gasteiger partial charge in [0, 0.05) is 18.3 Å². The molecule has 3 rings (SSSR count). The van der Waals surface area contributed by atoms with Crippen LogP contribution in [0.1, 0.15) is 30.4 Å². The highest BCUT2D eigenvalue weighted by Gasteiger charge is 2.15. The zero-order valence-corrected chi connectivity index (χ0v) is 14.8. The summed E-state index contributed by atoms with van der Waals surface area (Å²) in [5, 5.41) is 0. The van der Waals surface area contributed by atoms with Crippen LogP contribution < -0.4 is 9.47 Å². The molecule has 2 aromatic rings. The Morgan fingerprint density at radius 1 is 1.04 bits per heavy atom. The van der Waals surface area contributed by atoms with E-state index in [1.807, 2.05) is 12.3 Å². The Morgan fingerprint density at radius 3 is 2.46 bits per heavy atom. The van der Waals surface area contributed by atoms with Crippen molar-refractivity contribution in [2.75, 3.05) is 27.3 Å². The zero-order valence-electron chi connectivity index (χ0n) is 14.8. The molecule has 24 heavy (non-hydrogen) atoms. The van der Waals surface area contributed by atoms with E-state index in [2.05, 4.69) is 35.0 Å². The summed E-state index contributed by atoms with van der Waals surface area (Å²) >= 11 is 0. The molecule has 4 heteroatoms. The molecular formula is C20H26N2O2. The molecule has 1 saturated heterocycles. The van der Waals surface area contributed by atoms with Crippen molar-refractivity contribution in [1.29, 1.82) is 0 Å². The molecule has 1 aromatic carbocycles. The maximum absolute atomic E-state index is 5.56. The van der Waals surface area contributed by atoms with E-state index < -0.39 is 0 Å². The fraction of sp³-hybridized carbons (Fsp3) is 0.450. The third kappa shape index (κ3) is 3.70. The number of nitrogens with zero attached hydrogens (tertiary/aromatic N) is 2. The second-order valence-electron chi connectivity index (χ2n) is 6.44. The number of likely N-dealkylation sites (tertiary alicyclic amines) is 1. The van der Waals surface area contributed by atoms with Gasteiger partial charge in [-0.2, -0.15) is 0 Å². The zero-order chi connectivity index (χ0) is 16.9. The molecule has 128 valence electrons. The summed E-state index contributed by atoms with van der Waals surface area (Å²) in [4.78, 5) is 7.19. The maximum atomic E-state index is 5.56. The predicted octanol–water partition coefficient (Wildman–Crippen LogP) is 4.06. The Balaban J connectivity index is 1.84. The van der Waals surface area contributed by atoms with Gasteiger partial charge in [0.15, 0.2) is 11.5 Å². The van der Waals surface area contributed by atoms with Gasteiger partial charge in [-0.05, 0) is 62.2 Å². The number of hydrogen-bond donors (Lipinski definition) is 0. The first-order chi connectivity index (χ1) is 11.7. The fourth-order valence-corrected chi connectivity index (χ4v) is 3.35. The summed E-state index contributed by atoms with van der Waals surface area (Å²) in [6.07, 6.45) is 5.97. The van der Waals surface area contributed by atoms with Gasteiger partial charge in [0.2, 0.25) is 0 Å². The van der Waals surface area contributed by atoms with Crippen LogP contribution >= 0.6 is 0 Å². The number of pyridine rings is 1. The van der Waals surface area contributed by atoms with Crippen LogP contribution in [0, 0.1) is 6.92 Å². The number of rotatable bonds is 5. The van der Waals surface area contributed by atoms with Crippen LogP contribution in [0.25, 0.3) is 11.3 Å². The Hall–Kier alpha value is -2.07. The highest BCUT2D eigenvalue weighted by Crippen LogP contribution is 2.38. The lowest BCUT2D eigenvalue weighted by molar-refractivity contribution is 0.220. The number of benzene rings is 1. The maximum Gasteiger partial charge on any atom is 0.170 e. The second-order valence-corrected chi connectivity index (χ2v) is 6.44. The molecule has 0 spiro atoms. The van der Waals surface area contributed by atoms with E-state index in [9.17, 15) is 0 Å². The molecule has 0 aliphatic carbocycles. The van der Waals surface area contributed by atoms with Gasteiger partial charge in [-0.1, -0.05) is 12.5 Å². The van der Waals surface area contributed by atoms with Gasteiger partial charge < -0.3 is 9.47 Å². The first-order valence-corrected chi connectivity index (χ1v) is 8.61. The molecule has 0 radical (unpaired) electrons. The Labute approximate surface area is 144 Å². The van der Waals surface area contributed by atoms with Crippen LogP contribution in [0.2, 0.25) is 0 Å². The van der Waals surface area contributed by atoms with Crippen molar-refractivity contribution in [3.8, 4) is 22.8 Å². The Morgan fingerprint density at radius 2 is 1.83 bits per heavy atom. The normalized spacial score (nSPS) is 15.3. The number of aromatic nitrogens is 1. The molecule has 1 aliphatic heterocycles. The van der Waals surface area contributed by atoms with Crippen molar-refractivity contribution < 1.29 is 9.47 Å². The van der Waals surface area contributed by atoms with E-state index in [1.54, 1.807) is 14.2 Å². The van der Waals surface area contributed by atoms with Gasteiger partial charge in [0.25, 0.3) is 0 Å². The van der Waals surface area contributed by atoms with Gasteiger partial charge in [-0.3, -0.25) is 9.88 Å². The van der Waals surface area contributed by atoms with Crippen LogP contribution in [-0.2, 0) is 6.54 Å². The van der Waals surface area contributed by atoms with Gasteiger partial charge in [0.1, 0.15) is 0 Å². The summed E-state index contributed by atoms with van der Waals surface area (Å²) in [5.41, 5.74) is 4.27. The summed E-state index contributed by atoms with van der Waals surface area (Å²) < 4.78 is 11.0. The quantitative estimate of drug-likeness (QED) is 0.830. The van der Waals surface area contributed by atoms with Gasteiger partial charge in [-0.25, -0.2) is 0 Å². The van der Waals surface area contributed by atoms with Crippen molar-refractivity contribution in [2.45, 2.75) is 32.7 Å². The first kappa shape index (κ1) is 16.8. The number of aryl methyl sites for hydroxylation is 1. The van der Waals surface area contributed by atoms with E-state index in [4.69, 9.17) is 9.47 Å². The topological polar surface area (TPSA) is 34.6 Å². The molecule has 1 aliphatic rings. The van der Waals surface area contributed by atoms with Crippen LogP contribution in [0.3, 0.4) is 0 Å². The summed E-state index contributed by atoms with van der Waals surface area (Å²) in [7, 11) is 3.33. The standard InChI is InChI=1S/C20H26N2O2/c1-15-11-17(20(24-3)19(12-15)23-2)18-8-7-16(13-21-18)14-22-9-5-4-6-10-22/h7-8,11-13H,4-6,9-10,14H2,1-3H3. The third-order valence-electron chi connectivity index (χ3n) is 4.58. The second kappa shape index (κ2) is 7.67. The average Bonchev–Trinajstić information content (AvgIpc) is 2.62. The van der Waals surface area contributed by atoms with E-state index in [0.29, 0.717) is 0 Å². The smallest absolute Gasteiger partial charge is 0.170 e. The Bertz CT molecular complexity index is 677. The van der Waals surface area contributed by atoms with E-state index in [1.165, 1.54) is 37.9 Å². The average molecular weight is 326 g/mol. The predicted molar refractivity (Wildman–Crippen MR) is 96.6 cm³/mol. The summed E-state index contributed by atoms with van der Waals surface area (Å²) in [5.74, 6) is 1.48. The fourth-order valence-electron chi connectivity index (χ4n) is 3.35. The monoisotopic (exact) mass is 326 g/mol. The highest BCUT2D eigenvalue weighted by atomic mass is 16.5. The van der Waals surface area contributed by atoms with Crippen LogP contribution in [-0.4, -0.2) is 37.2 Å². The van der Waals surface area contributed by atoms with Gasteiger partial charge >= 0.3 is 0 Å². The van der Waals surface area contributed by atoms with Crippen molar-refractivity contribution in [1.82, 2.24) is 9.88 Å². The summed E-state index contributed by atoms with van der Waals surface area (Å²) in [6.45, 7) is 5.44. The molecule has 1 aromatic heterocycles. The third-order valence-corrected chi connectivity index (χ3v) is 4.58. The number of piperidine rings is 1. The molecule has 0 atom stereocenters. The SMILES string of the molecule is COc1cc(C)cc(-c2ccc(CN3CCCCC3)cn2)c1OC. The molecule has 0 amide bonds. The largest absolute Gasteiger partial charge is 0.493 e. The molecule has 2 heterocycles.